The van der Waals surface area contributed by atoms with Crippen molar-refractivity contribution >= 4 is 17.5 Å². The van der Waals surface area contributed by atoms with Crippen LogP contribution in [0, 0.1) is 19.8 Å². The Labute approximate surface area is 141 Å². The fourth-order valence-corrected chi connectivity index (χ4v) is 2.18. The molecule has 2 aromatic heterocycles. The summed E-state index contributed by atoms with van der Waals surface area (Å²) in [5, 5.41) is 9.69. The minimum atomic E-state index is -0.285. The minimum absolute atomic E-state index is 0.0532. The van der Waals surface area contributed by atoms with Crippen molar-refractivity contribution in [3.8, 4) is 5.82 Å². The van der Waals surface area contributed by atoms with Gasteiger partial charge in [-0.25, -0.2) is 9.67 Å². The molecule has 7 heteroatoms. The van der Waals surface area contributed by atoms with Crippen LogP contribution in [0.3, 0.4) is 0 Å². The summed E-state index contributed by atoms with van der Waals surface area (Å²) < 4.78 is 1.74. The number of hydrogen-bond donors (Lipinski definition) is 2. The number of hydrogen-bond acceptors (Lipinski definition) is 4. The zero-order chi connectivity index (χ0) is 17.7. The Bertz CT molecular complexity index is 721. The Morgan fingerprint density at radius 2 is 2.04 bits per heavy atom. The van der Waals surface area contributed by atoms with Gasteiger partial charge in [-0.05, 0) is 38.5 Å². The van der Waals surface area contributed by atoms with Gasteiger partial charge in [-0.1, -0.05) is 13.8 Å². The van der Waals surface area contributed by atoms with Crippen molar-refractivity contribution < 1.29 is 9.59 Å². The molecule has 1 atom stereocenters. The van der Waals surface area contributed by atoms with Crippen LogP contribution >= 0.6 is 0 Å². The highest BCUT2D eigenvalue weighted by molar-refractivity contribution is 5.94. The molecule has 2 N–H and O–H groups in total. The molecular weight excluding hydrogens is 306 g/mol. The average molecular weight is 329 g/mol. The maximum Gasteiger partial charge on any atom is 0.243 e. The number of anilines is 1. The summed E-state index contributed by atoms with van der Waals surface area (Å²) in [7, 11) is 0. The quantitative estimate of drug-likeness (QED) is 0.848. The first-order valence-electron chi connectivity index (χ1n) is 7.98. The van der Waals surface area contributed by atoms with E-state index in [4.69, 9.17) is 0 Å². The molecule has 0 aliphatic heterocycles. The van der Waals surface area contributed by atoms with Gasteiger partial charge in [-0.15, -0.1) is 0 Å². The number of pyridine rings is 1. The van der Waals surface area contributed by atoms with Gasteiger partial charge in [-0.2, -0.15) is 5.10 Å². The molecule has 2 aromatic rings. The molecule has 0 spiro atoms. The van der Waals surface area contributed by atoms with E-state index in [0.717, 1.165) is 17.8 Å². The van der Waals surface area contributed by atoms with E-state index >= 15 is 0 Å². The number of nitrogens with zero attached hydrogens (tertiary/aromatic N) is 3. The molecule has 2 amide bonds. The number of aryl methyl sites for hydroxylation is 2. The predicted molar refractivity (Wildman–Crippen MR) is 91.9 cm³/mol. The van der Waals surface area contributed by atoms with Crippen LogP contribution < -0.4 is 10.6 Å². The van der Waals surface area contributed by atoms with Crippen LogP contribution in [0.15, 0.2) is 24.4 Å². The van der Waals surface area contributed by atoms with Crippen LogP contribution in [0.4, 0.5) is 5.69 Å². The highest BCUT2D eigenvalue weighted by Gasteiger charge is 2.12. The van der Waals surface area contributed by atoms with E-state index in [-0.39, 0.29) is 24.3 Å². The molecule has 0 radical (unpaired) electrons. The molecule has 24 heavy (non-hydrogen) atoms. The van der Waals surface area contributed by atoms with Crippen molar-refractivity contribution in [2.45, 2.75) is 34.1 Å². The summed E-state index contributed by atoms with van der Waals surface area (Å²) in [5.74, 6) is 0.182. The molecule has 0 saturated carbocycles. The molecular formula is C17H23N5O2. The molecule has 7 nitrogen and oxygen atoms in total. The molecule has 0 unspecified atom stereocenters. The molecule has 0 fully saturated rings. The topological polar surface area (TPSA) is 88.9 Å². The summed E-state index contributed by atoms with van der Waals surface area (Å²) in [6.45, 7) is 7.58. The number of nitrogens with one attached hydrogen (secondary N) is 2. The maximum absolute atomic E-state index is 11.9. The lowest BCUT2D eigenvalue weighted by Gasteiger charge is -2.10. The lowest BCUT2D eigenvalue weighted by Crippen LogP contribution is -2.35. The van der Waals surface area contributed by atoms with E-state index in [2.05, 4.69) is 20.7 Å². The maximum atomic E-state index is 11.9. The first kappa shape index (κ1) is 17.7. The van der Waals surface area contributed by atoms with Crippen LogP contribution in [0.5, 0.6) is 0 Å². The predicted octanol–water partition coefficient (Wildman–Crippen LogP) is 1.98. The summed E-state index contributed by atoms with van der Waals surface area (Å²) in [6.07, 6.45) is 2.31. The smallest absolute Gasteiger partial charge is 0.243 e. The van der Waals surface area contributed by atoms with Crippen LogP contribution in [-0.2, 0) is 9.59 Å². The Balaban J connectivity index is 1.93. The van der Waals surface area contributed by atoms with Gasteiger partial charge < -0.3 is 10.6 Å². The zero-order valence-corrected chi connectivity index (χ0v) is 14.5. The monoisotopic (exact) mass is 329 g/mol. The van der Waals surface area contributed by atoms with Crippen LogP contribution in [0.1, 0.15) is 31.7 Å². The Morgan fingerprint density at radius 3 is 2.58 bits per heavy atom. The van der Waals surface area contributed by atoms with Gasteiger partial charge in [0.1, 0.15) is 0 Å². The second-order valence-corrected chi connectivity index (χ2v) is 5.82. The van der Waals surface area contributed by atoms with Gasteiger partial charge in [0.15, 0.2) is 5.82 Å². The lowest BCUT2D eigenvalue weighted by molar-refractivity contribution is -0.126. The van der Waals surface area contributed by atoms with Gasteiger partial charge >= 0.3 is 0 Å². The minimum Gasteiger partial charge on any atom is -0.347 e. The molecule has 2 rings (SSSR count). The summed E-state index contributed by atoms with van der Waals surface area (Å²) >= 11 is 0. The Morgan fingerprint density at radius 1 is 1.29 bits per heavy atom. The third-order valence-electron chi connectivity index (χ3n) is 3.74. The van der Waals surface area contributed by atoms with Gasteiger partial charge in [0.25, 0.3) is 0 Å². The van der Waals surface area contributed by atoms with Crippen molar-refractivity contribution in [2.75, 3.05) is 11.9 Å². The second-order valence-electron chi connectivity index (χ2n) is 5.82. The van der Waals surface area contributed by atoms with E-state index in [1.54, 1.807) is 23.0 Å². The van der Waals surface area contributed by atoms with Crippen molar-refractivity contribution in [3.63, 3.8) is 0 Å². The summed E-state index contributed by atoms with van der Waals surface area (Å²) in [6, 6.07) is 5.51. The highest BCUT2D eigenvalue weighted by atomic mass is 16.2. The van der Waals surface area contributed by atoms with Gasteiger partial charge in [0.2, 0.25) is 11.8 Å². The zero-order valence-electron chi connectivity index (χ0n) is 14.5. The lowest BCUT2D eigenvalue weighted by atomic mass is 10.1. The Hall–Kier alpha value is -2.70. The largest absolute Gasteiger partial charge is 0.347 e. The van der Waals surface area contributed by atoms with Crippen LogP contribution in [-0.4, -0.2) is 33.1 Å². The van der Waals surface area contributed by atoms with E-state index in [0.29, 0.717) is 11.5 Å². The average Bonchev–Trinajstić information content (AvgIpc) is 2.91. The first-order chi connectivity index (χ1) is 11.4. The third kappa shape index (κ3) is 4.41. The molecule has 0 aromatic carbocycles. The second kappa shape index (κ2) is 7.72. The molecule has 2 heterocycles. The van der Waals surface area contributed by atoms with Crippen LogP contribution in [0.25, 0.3) is 5.82 Å². The van der Waals surface area contributed by atoms with E-state index in [9.17, 15) is 9.59 Å². The fraction of sp³-hybridized carbons (Fsp3) is 0.412. The van der Waals surface area contributed by atoms with E-state index in [1.165, 1.54) is 0 Å². The normalized spacial score (nSPS) is 11.8. The van der Waals surface area contributed by atoms with Crippen molar-refractivity contribution in [1.82, 2.24) is 20.1 Å². The number of amides is 2. The number of carbonyl (C=O) groups excluding carboxylic acids is 2. The fourth-order valence-electron chi connectivity index (χ4n) is 2.18. The van der Waals surface area contributed by atoms with Crippen molar-refractivity contribution in [2.24, 2.45) is 5.92 Å². The van der Waals surface area contributed by atoms with Crippen molar-refractivity contribution in [1.29, 1.82) is 0 Å². The number of aromatic nitrogens is 3. The SMILES string of the molecule is CC[C@H](C)C(=O)NCC(=O)Nc1ccc(-n2nc(C)cc2C)nc1. The number of carbonyl (C=O) groups is 2. The standard InChI is InChI=1S/C17H23N5O2/c1-5-11(2)17(24)19-10-16(23)20-14-6-7-15(18-9-14)22-13(4)8-12(3)21-22/h6-9,11H,5,10H2,1-4H3,(H,19,24)(H,20,23)/t11-/m0/s1. The van der Waals surface area contributed by atoms with Crippen LogP contribution in [0.2, 0.25) is 0 Å². The third-order valence-corrected chi connectivity index (χ3v) is 3.74. The van der Waals surface area contributed by atoms with Crippen molar-refractivity contribution in [3.05, 3.63) is 35.8 Å². The first-order valence-corrected chi connectivity index (χ1v) is 7.98. The summed E-state index contributed by atoms with van der Waals surface area (Å²) in [5.41, 5.74) is 2.48. The number of rotatable bonds is 6. The molecule has 0 saturated heterocycles. The molecule has 0 aliphatic carbocycles. The van der Waals surface area contributed by atoms with Gasteiger partial charge in [0, 0.05) is 11.6 Å². The Kier molecular flexibility index (Phi) is 5.68. The van der Waals surface area contributed by atoms with Gasteiger partial charge in [-0.3, -0.25) is 9.59 Å². The highest BCUT2D eigenvalue weighted by Crippen LogP contribution is 2.12. The van der Waals surface area contributed by atoms with Gasteiger partial charge in [0.05, 0.1) is 24.1 Å². The molecule has 128 valence electrons. The van der Waals surface area contributed by atoms with E-state index < -0.39 is 0 Å². The molecule has 0 bridgehead atoms. The molecule has 0 aliphatic rings. The van der Waals surface area contributed by atoms with E-state index in [1.807, 2.05) is 33.8 Å². The summed E-state index contributed by atoms with van der Waals surface area (Å²) in [4.78, 5) is 27.8.